The molecular formula is C14H12N2. The van der Waals surface area contributed by atoms with Crippen LogP contribution in [0.1, 0.15) is 5.56 Å². The predicted octanol–water partition coefficient (Wildman–Crippen LogP) is 3.28. The van der Waals surface area contributed by atoms with Crippen molar-refractivity contribution in [1.82, 2.24) is 4.98 Å². The Bertz CT molecular complexity index is 687. The number of aryl methyl sites for hydroxylation is 1. The third kappa shape index (κ3) is 1.23. The molecule has 1 aromatic heterocycles. The van der Waals surface area contributed by atoms with Gasteiger partial charge in [0.05, 0.1) is 11.0 Å². The molecule has 0 aliphatic heterocycles. The van der Waals surface area contributed by atoms with Gasteiger partial charge in [-0.1, -0.05) is 24.3 Å². The summed E-state index contributed by atoms with van der Waals surface area (Å²) in [4.78, 5) is 4.66. The molecule has 0 saturated heterocycles. The second-order valence-corrected chi connectivity index (χ2v) is 4.03. The minimum atomic E-state index is 0.801. The zero-order valence-electron chi connectivity index (χ0n) is 9.07. The van der Waals surface area contributed by atoms with Gasteiger partial charge in [-0.2, -0.15) is 0 Å². The highest BCUT2D eigenvalue weighted by Gasteiger charge is 2.03. The normalized spacial score (nSPS) is 11.1. The number of anilines is 1. The molecule has 0 bridgehead atoms. The van der Waals surface area contributed by atoms with Gasteiger partial charge < -0.3 is 5.73 Å². The van der Waals surface area contributed by atoms with Gasteiger partial charge in [-0.15, -0.1) is 0 Å². The minimum Gasteiger partial charge on any atom is -0.398 e. The Morgan fingerprint density at radius 1 is 1.00 bits per heavy atom. The van der Waals surface area contributed by atoms with E-state index >= 15 is 0 Å². The van der Waals surface area contributed by atoms with E-state index in [4.69, 9.17) is 5.73 Å². The van der Waals surface area contributed by atoms with Crippen molar-refractivity contribution in [2.75, 3.05) is 5.73 Å². The number of hydrogen-bond acceptors (Lipinski definition) is 2. The topological polar surface area (TPSA) is 38.9 Å². The van der Waals surface area contributed by atoms with Crippen LogP contribution in [0.4, 0.5) is 5.69 Å². The van der Waals surface area contributed by atoms with Crippen molar-refractivity contribution in [2.24, 2.45) is 0 Å². The summed E-state index contributed by atoms with van der Waals surface area (Å²) in [6.45, 7) is 2.01. The Labute approximate surface area is 93.7 Å². The van der Waals surface area contributed by atoms with Gasteiger partial charge in [0.2, 0.25) is 0 Å². The van der Waals surface area contributed by atoms with Gasteiger partial charge in [0.15, 0.2) is 0 Å². The summed E-state index contributed by atoms with van der Waals surface area (Å²) in [7, 11) is 0. The van der Waals surface area contributed by atoms with Gasteiger partial charge in [0, 0.05) is 16.5 Å². The van der Waals surface area contributed by atoms with Crippen LogP contribution in [0.2, 0.25) is 0 Å². The molecule has 16 heavy (non-hydrogen) atoms. The molecule has 0 aliphatic carbocycles. The van der Waals surface area contributed by atoms with E-state index in [9.17, 15) is 0 Å². The fraction of sp³-hybridized carbons (Fsp3) is 0.0714. The largest absolute Gasteiger partial charge is 0.398 e. The molecule has 0 fully saturated rings. The lowest BCUT2D eigenvalue weighted by Gasteiger charge is -2.06. The molecule has 2 nitrogen and oxygen atoms in total. The monoisotopic (exact) mass is 208 g/mol. The Hall–Kier alpha value is -2.09. The first-order valence-corrected chi connectivity index (χ1v) is 5.30. The SMILES string of the molecule is Cc1c(N)ccc2cc3ccccc3nc12. The summed E-state index contributed by atoms with van der Waals surface area (Å²) in [6, 6.07) is 14.3. The molecule has 2 N–H and O–H groups in total. The third-order valence-corrected chi connectivity index (χ3v) is 2.98. The molecule has 1 heterocycles. The zero-order valence-corrected chi connectivity index (χ0v) is 9.07. The second-order valence-electron chi connectivity index (χ2n) is 4.03. The van der Waals surface area contributed by atoms with Crippen LogP contribution < -0.4 is 5.73 Å². The Morgan fingerprint density at radius 3 is 2.69 bits per heavy atom. The first kappa shape index (κ1) is 9.16. The number of nitrogens with two attached hydrogens (primary N) is 1. The molecule has 0 amide bonds. The van der Waals surface area contributed by atoms with Crippen LogP contribution in [0.3, 0.4) is 0 Å². The molecule has 0 saturated carbocycles. The summed E-state index contributed by atoms with van der Waals surface area (Å²) < 4.78 is 0. The van der Waals surface area contributed by atoms with Gasteiger partial charge in [-0.3, -0.25) is 0 Å². The first-order chi connectivity index (χ1) is 7.75. The fourth-order valence-electron chi connectivity index (χ4n) is 2.00. The lowest BCUT2D eigenvalue weighted by molar-refractivity contribution is 1.42. The molecule has 0 spiro atoms. The Morgan fingerprint density at radius 2 is 1.81 bits per heavy atom. The Balaban J connectivity index is 2.51. The molecule has 0 radical (unpaired) electrons. The van der Waals surface area contributed by atoms with Crippen molar-refractivity contribution in [3.8, 4) is 0 Å². The molecule has 3 rings (SSSR count). The van der Waals surface area contributed by atoms with Gasteiger partial charge in [-0.25, -0.2) is 4.98 Å². The van der Waals surface area contributed by atoms with Gasteiger partial charge in [0.1, 0.15) is 0 Å². The average Bonchev–Trinajstić information content (AvgIpc) is 2.32. The number of hydrogen-bond donors (Lipinski definition) is 1. The number of nitrogens with zero attached hydrogens (tertiary/aromatic N) is 1. The Kier molecular flexibility index (Phi) is 1.83. The number of pyridine rings is 1. The van der Waals surface area contributed by atoms with Crippen molar-refractivity contribution in [2.45, 2.75) is 6.92 Å². The summed E-state index contributed by atoms with van der Waals surface area (Å²) >= 11 is 0. The molecule has 2 heteroatoms. The van der Waals surface area contributed by atoms with Crippen molar-refractivity contribution in [1.29, 1.82) is 0 Å². The van der Waals surface area contributed by atoms with E-state index < -0.39 is 0 Å². The molecule has 0 atom stereocenters. The molecule has 3 aromatic rings. The van der Waals surface area contributed by atoms with E-state index in [1.807, 2.05) is 37.3 Å². The van der Waals surface area contributed by atoms with Gasteiger partial charge in [-0.05, 0) is 30.7 Å². The van der Waals surface area contributed by atoms with E-state index in [1.165, 1.54) is 5.39 Å². The predicted molar refractivity (Wildman–Crippen MR) is 68.4 cm³/mol. The third-order valence-electron chi connectivity index (χ3n) is 2.98. The lowest BCUT2D eigenvalue weighted by Crippen LogP contribution is -1.92. The molecule has 0 aliphatic rings. The zero-order chi connectivity index (χ0) is 11.1. The van der Waals surface area contributed by atoms with Gasteiger partial charge >= 0.3 is 0 Å². The van der Waals surface area contributed by atoms with Crippen LogP contribution in [0.5, 0.6) is 0 Å². The van der Waals surface area contributed by atoms with E-state index in [-0.39, 0.29) is 0 Å². The van der Waals surface area contributed by atoms with Crippen molar-refractivity contribution in [3.63, 3.8) is 0 Å². The van der Waals surface area contributed by atoms with Crippen LogP contribution >= 0.6 is 0 Å². The lowest BCUT2D eigenvalue weighted by atomic mass is 10.1. The van der Waals surface area contributed by atoms with E-state index in [0.29, 0.717) is 0 Å². The van der Waals surface area contributed by atoms with E-state index in [1.54, 1.807) is 0 Å². The number of fused-ring (bicyclic) bond motifs is 2. The highest BCUT2D eigenvalue weighted by Crippen LogP contribution is 2.25. The maximum Gasteiger partial charge on any atom is 0.0759 e. The number of aromatic nitrogens is 1. The summed E-state index contributed by atoms with van der Waals surface area (Å²) in [6.07, 6.45) is 0. The van der Waals surface area contributed by atoms with Crippen LogP contribution in [0.25, 0.3) is 21.8 Å². The average molecular weight is 208 g/mol. The van der Waals surface area contributed by atoms with Crippen molar-refractivity contribution in [3.05, 3.63) is 48.0 Å². The number of benzene rings is 2. The van der Waals surface area contributed by atoms with Crippen LogP contribution in [0, 0.1) is 6.92 Å². The van der Waals surface area contributed by atoms with Crippen molar-refractivity contribution < 1.29 is 0 Å². The second kappa shape index (κ2) is 3.20. The van der Waals surface area contributed by atoms with Crippen LogP contribution in [0.15, 0.2) is 42.5 Å². The summed E-state index contributed by atoms with van der Waals surface area (Å²) in [5.41, 5.74) is 9.77. The van der Waals surface area contributed by atoms with Crippen LogP contribution in [-0.2, 0) is 0 Å². The fourth-order valence-corrected chi connectivity index (χ4v) is 2.00. The maximum absolute atomic E-state index is 5.89. The summed E-state index contributed by atoms with van der Waals surface area (Å²) in [5.74, 6) is 0. The highest BCUT2D eigenvalue weighted by atomic mass is 14.7. The quantitative estimate of drug-likeness (QED) is 0.455. The minimum absolute atomic E-state index is 0.801. The standard InChI is InChI=1S/C14H12N2/c1-9-12(15)7-6-11-8-10-4-2-3-5-13(10)16-14(9)11/h2-8H,15H2,1H3. The maximum atomic E-state index is 5.89. The molecule has 78 valence electrons. The highest BCUT2D eigenvalue weighted by molar-refractivity contribution is 5.95. The molecular weight excluding hydrogens is 196 g/mol. The van der Waals surface area contributed by atoms with E-state index in [0.717, 1.165) is 27.7 Å². The molecule has 0 unspecified atom stereocenters. The number of para-hydroxylation sites is 1. The number of nitrogen functional groups attached to an aromatic ring is 1. The smallest absolute Gasteiger partial charge is 0.0759 e. The van der Waals surface area contributed by atoms with Gasteiger partial charge in [0.25, 0.3) is 0 Å². The van der Waals surface area contributed by atoms with Crippen LogP contribution in [-0.4, -0.2) is 4.98 Å². The summed E-state index contributed by atoms with van der Waals surface area (Å²) in [5, 5.41) is 2.31. The van der Waals surface area contributed by atoms with E-state index in [2.05, 4.69) is 17.1 Å². The van der Waals surface area contributed by atoms with Crippen molar-refractivity contribution >= 4 is 27.5 Å². The number of rotatable bonds is 0. The molecule has 2 aromatic carbocycles. The first-order valence-electron chi connectivity index (χ1n) is 5.30.